The number of hydrogen-bond acceptors (Lipinski definition) is 5. The first kappa shape index (κ1) is 44.4. The predicted molar refractivity (Wildman–Crippen MR) is 221 cm³/mol. The van der Waals surface area contributed by atoms with Crippen LogP contribution in [-0.4, -0.2) is 33.9 Å². The second-order valence-corrected chi connectivity index (χ2v) is 24.3. The fraction of sp³-hybridized carbons (Fsp3) is 0.442. The molecule has 0 saturated carbocycles. The van der Waals surface area contributed by atoms with Crippen LogP contribution in [0.15, 0.2) is 73.1 Å². The molecule has 3 heterocycles. The van der Waals surface area contributed by atoms with E-state index >= 15 is 0 Å². The molecule has 0 bridgehead atoms. The maximum absolute atomic E-state index is 7.75. The standard InChI is InChI=1S/C41H54N2OP2.2CHO.Co.H/c1-37(2,3)27-23-29-35(31(25-27)45(39(7,8)9)33-19-15-17-21-42-33)44-36-30(41(29,13)14)24-28(38(4,5)6)26-32(36)46(40(10,11)12)34-20-16-18-22-43-34;2*1-2;;/h15-26H,1-14H3;2*1H;;/q;2*-1;+2;/p+2. The minimum atomic E-state index is -1.37. The number of ether oxygens (including phenoxy) is 1. The quantitative estimate of drug-likeness (QED) is 0.118. The van der Waals surface area contributed by atoms with Gasteiger partial charge in [-0.3, -0.25) is 13.6 Å². The van der Waals surface area contributed by atoms with Gasteiger partial charge in [-0.2, -0.15) is 0 Å². The SMILES string of the molecule is CC(C)(C)c1cc([PH+](c2ccccn2)C(C)(C)C)c2c(c1)C(C)(C)c1cc(C(C)(C)C)cc([PH+](c3ccccn3)C(C)(C)C)c1O2.[CH-]=O.[CH-]=O.[CoH+2]. The van der Waals surface area contributed by atoms with E-state index in [1.807, 2.05) is 24.5 Å². The Morgan fingerprint density at radius 3 is 1.16 bits per heavy atom. The second-order valence-electron chi connectivity index (χ2n) is 17.7. The molecule has 51 heavy (non-hydrogen) atoms. The summed E-state index contributed by atoms with van der Waals surface area (Å²) in [5, 5.41) is 2.66. The van der Waals surface area contributed by atoms with Crippen molar-refractivity contribution in [1.29, 1.82) is 0 Å². The molecule has 0 N–H and O–H groups in total. The van der Waals surface area contributed by atoms with Crippen LogP contribution in [0.1, 0.15) is 119 Å². The molecule has 0 amide bonds. The molecule has 2 atom stereocenters. The number of rotatable bonds is 4. The number of nitrogens with zero attached hydrogens (tertiary/aromatic N) is 2. The van der Waals surface area contributed by atoms with Crippen molar-refractivity contribution in [3.05, 3.63) is 95.3 Å². The zero-order valence-corrected chi connectivity index (χ0v) is 36.2. The zero-order chi connectivity index (χ0) is 38.0. The van der Waals surface area contributed by atoms with Crippen LogP contribution in [0.3, 0.4) is 0 Å². The Labute approximate surface area is 320 Å². The minimum absolute atomic E-state index is 0. The fourth-order valence-electron chi connectivity index (χ4n) is 6.76. The van der Waals surface area contributed by atoms with Crippen molar-refractivity contribution in [1.82, 2.24) is 9.97 Å². The van der Waals surface area contributed by atoms with E-state index < -0.39 is 15.8 Å². The van der Waals surface area contributed by atoms with E-state index in [1.54, 1.807) is 0 Å². The first-order valence-electron chi connectivity index (χ1n) is 17.2. The van der Waals surface area contributed by atoms with E-state index in [0.29, 0.717) is 0 Å². The van der Waals surface area contributed by atoms with Crippen molar-refractivity contribution < 1.29 is 31.1 Å². The van der Waals surface area contributed by atoms with Crippen LogP contribution in [0.2, 0.25) is 0 Å². The molecule has 1 aliphatic rings. The molecule has 1 aliphatic heterocycles. The molecule has 8 heteroatoms. The number of aromatic nitrogens is 2. The Balaban J connectivity index is 0.00000174. The molecule has 0 fully saturated rings. The van der Waals surface area contributed by atoms with Crippen LogP contribution in [0, 0.1) is 0 Å². The number of benzene rings is 2. The normalized spacial score (nSPS) is 14.8. The first-order chi connectivity index (χ1) is 23.1. The van der Waals surface area contributed by atoms with Crippen molar-refractivity contribution in [2.75, 3.05) is 0 Å². The monoisotopic (exact) mass is 772 g/mol. The topological polar surface area (TPSA) is 69.2 Å². The van der Waals surface area contributed by atoms with Gasteiger partial charge >= 0.3 is 16.8 Å². The van der Waals surface area contributed by atoms with Gasteiger partial charge in [0.2, 0.25) is 0 Å². The maximum atomic E-state index is 7.75. The van der Waals surface area contributed by atoms with Gasteiger partial charge in [-0.05, 0) is 87.8 Å². The van der Waals surface area contributed by atoms with Crippen LogP contribution in [-0.2, 0) is 42.6 Å². The second kappa shape index (κ2) is 16.5. The van der Waals surface area contributed by atoms with Gasteiger partial charge in [0.05, 0.1) is 26.2 Å². The predicted octanol–water partition coefficient (Wildman–Crippen LogP) is 8.61. The summed E-state index contributed by atoms with van der Waals surface area (Å²) >= 11 is 0. The molecule has 0 aliphatic carbocycles. The molecule has 4 aromatic rings. The number of carbonyl (C=O) groups excluding carboxylic acids is 2. The Hall–Kier alpha value is -2.75. The van der Waals surface area contributed by atoms with Crippen molar-refractivity contribution in [3.8, 4) is 11.5 Å². The van der Waals surface area contributed by atoms with E-state index in [4.69, 9.17) is 24.3 Å². The summed E-state index contributed by atoms with van der Waals surface area (Å²) in [6.45, 7) is 39.5. The van der Waals surface area contributed by atoms with Crippen LogP contribution >= 0.6 is 15.8 Å². The summed E-state index contributed by atoms with van der Waals surface area (Å²) in [4.78, 5) is 25.5. The Kier molecular flexibility index (Phi) is 14.4. The van der Waals surface area contributed by atoms with Crippen LogP contribution in [0.25, 0.3) is 0 Å². The van der Waals surface area contributed by atoms with Crippen molar-refractivity contribution in [2.24, 2.45) is 0 Å². The van der Waals surface area contributed by atoms with Crippen LogP contribution < -0.4 is 26.2 Å². The van der Waals surface area contributed by atoms with E-state index in [1.165, 1.54) is 43.7 Å². The average molecular weight is 773 g/mol. The Morgan fingerprint density at radius 1 is 0.569 bits per heavy atom. The third kappa shape index (κ3) is 9.44. The summed E-state index contributed by atoms with van der Waals surface area (Å²) in [5.74, 6) is 2.09. The summed E-state index contributed by atoms with van der Waals surface area (Å²) < 4.78 is 7.50. The molecule has 1 radical (unpaired) electrons. The summed E-state index contributed by atoms with van der Waals surface area (Å²) in [7, 11) is -2.74. The van der Waals surface area contributed by atoms with Crippen LogP contribution in [0.5, 0.6) is 11.5 Å². The van der Waals surface area contributed by atoms with E-state index in [-0.39, 0.29) is 43.3 Å². The molecule has 5 nitrogen and oxygen atoms in total. The molecule has 0 spiro atoms. The van der Waals surface area contributed by atoms with E-state index in [0.717, 1.165) is 11.5 Å². The Bertz CT molecular complexity index is 1640. The molecular weight excluding hydrogens is 713 g/mol. The molecule has 5 rings (SSSR count). The Morgan fingerprint density at radius 2 is 0.902 bits per heavy atom. The third-order valence-electron chi connectivity index (χ3n) is 9.34. The van der Waals surface area contributed by atoms with E-state index in [9.17, 15) is 0 Å². The van der Waals surface area contributed by atoms with Gasteiger partial charge in [0.1, 0.15) is 10.6 Å². The molecule has 2 unspecified atom stereocenters. The zero-order valence-electron chi connectivity index (χ0n) is 33.1. The summed E-state index contributed by atoms with van der Waals surface area (Å²) in [6, 6.07) is 22.6. The number of hydrogen-bond donors (Lipinski definition) is 0. The van der Waals surface area contributed by atoms with Crippen molar-refractivity contribution in [2.45, 2.75) is 123 Å². The van der Waals surface area contributed by atoms with Gasteiger partial charge < -0.3 is 14.3 Å². The van der Waals surface area contributed by atoms with Gasteiger partial charge in [-0.1, -0.05) is 79.7 Å². The van der Waals surface area contributed by atoms with Gasteiger partial charge in [0, 0.05) is 41.1 Å². The molecule has 276 valence electrons. The summed E-state index contributed by atoms with van der Waals surface area (Å²) in [6.07, 6.45) is 3.89. The average Bonchev–Trinajstić information content (AvgIpc) is 3.02. The number of pyridine rings is 2. The fourth-order valence-corrected chi connectivity index (χ4v) is 12.8. The van der Waals surface area contributed by atoms with Gasteiger partial charge in [0.15, 0.2) is 22.4 Å². The number of fused-ring (bicyclic) bond motifs is 2. The van der Waals surface area contributed by atoms with Crippen molar-refractivity contribution in [3.63, 3.8) is 0 Å². The molecule has 0 saturated heterocycles. The third-order valence-corrected chi connectivity index (χ3v) is 15.8. The first-order valence-corrected chi connectivity index (χ1v) is 20.2. The molecular formula is C43H59CoN2O3P2+2. The van der Waals surface area contributed by atoms with E-state index in [2.05, 4.69) is 159 Å². The van der Waals surface area contributed by atoms with Gasteiger partial charge in [-0.15, -0.1) is 0 Å². The van der Waals surface area contributed by atoms with Gasteiger partial charge in [0.25, 0.3) is 0 Å². The van der Waals surface area contributed by atoms with Crippen molar-refractivity contribution >= 4 is 50.9 Å². The van der Waals surface area contributed by atoms with Crippen LogP contribution in [0.4, 0.5) is 0 Å². The molecule has 2 aromatic heterocycles. The molecule has 2 aromatic carbocycles. The summed E-state index contributed by atoms with van der Waals surface area (Å²) in [5.41, 5.74) is 7.30. The van der Waals surface area contributed by atoms with Gasteiger partial charge in [-0.25, -0.2) is 9.97 Å².